The molecule has 84 valence electrons. The summed E-state index contributed by atoms with van der Waals surface area (Å²) in [5.41, 5.74) is -0.730. The monoisotopic (exact) mass is 203 g/mol. The van der Waals surface area contributed by atoms with E-state index in [0.29, 0.717) is 13.0 Å². The van der Waals surface area contributed by atoms with Crippen LogP contribution in [0.1, 0.15) is 33.6 Å². The molecule has 0 rings (SSSR count). The van der Waals surface area contributed by atoms with Crippen LogP contribution in [0.25, 0.3) is 0 Å². The van der Waals surface area contributed by atoms with E-state index in [1.54, 1.807) is 13.8 Å². The first-order valence-electron chi connectivity index (χ1n) is 4.87. The number of hydrogen-bond donors (Lipinski definition) is 2. The lowest BCUT2D eigenvalue weighted by Gasteiger charge is -2.30. The quantitative estimate of drug-likeness (QED) is 0.674. The Morgan fingerprint density at radius 1 is 1.50 bits per heavy atom. The summed E-state index contributed by atoms with van der Waals surface area (Å²) < 4.78 is 0. The SMILES string of the molecule is CC(CCC(=O)O)N(C)CC(C)(C)O. The number of carboxylic acids is 1. The van der Waals surface area contributed by atoms with Gasteiger partial charge in [0.25, 0.3) is 0 Å². The number of aliphatic carboxylic acids is 1. The zero-order chi connectivity index (χ0) is 11.4. The second-order valence-corrected chi connectivity index (χ2v) is 4.51. The van der Waals surface area contributed by atoms with Crippen molar-refractivity contribution in [2.45, 2.75) is 45.3 Å². The highest BCUT2D eigenvalue weighted by molar-refractivity contribution is 5.66. The topological polar surface area (TPSA) is 60.8 Å². The maximum absolute atomic E-state index is 10.3. The van der Waals surface area contributed by atoms with Gasteiger partial charge in [-0.05, 0) is 34.2 Å². The largest absolute Gasteiger partial charge is 0.481 e. The highest BCUT2D eigenvalue weighted by Gasteiger charge is 2.19. The lowest BCUT2D eigenvalue weighted by molar-refractivity contribution is -0.137. The molecule has 0 aliphatic rings. The lowest BCUT2D eigenvalue weighted by atomic mass is 10.1. The molecule has 0 aromatic heterocycles. The van der Waals surface area contributed by atoms with E-state index in [1.165, 1.54) is 0 Å². The highest BCUT2D eigenvalue weighted by Crippen LogP contribution is 2.09. The van der Waals surface area contributed by atoms with Crippen LogP contribution in [0.15, 0.2) is 0 Å². The molecule has 1 unspecified atom stereocenters. The van der Waals surface area contributed by atoms with Crippen LogP contribution in [0.4, 0.5) is 0 Å². The molecule has 0 saturated carbocycles. The molecule has 14 heavy (non-hydrogen) atoms. The van der Waals surface area contributed by atoms with Crippen molar-refractivity contribution in [1.82, 2.24) is 4.90 Å². The summed E-state index contributed by atoms with van der Waals surface area (Å²) in [6, 6.07) is 0.178. The minimum absolute atomic E-state index is 0.178. The number of carbonyl (C=O) groups is 1. The Hall–Kier alpha value is -0.610. The van der Waals surface area contributed by atoms with Gasteiger partial charge in [-0.15, -0.1) is 0 Å². The van der Waals surface area contributed by atoms with Crippen LogP contribution >= 0.6 is 0 Å². The third-order valence-corrected chi connectivity index (χ3v) is 2.16. The molecule has 0 fully saturated rings. The summed E-state index contributed by atoms with van der Waals surface area (Å²) in [5.74, 6) is -0.770. The Kier molecular flexibility index (Phi) is 5.08. The van der Waals surface area contributed by atoms with Gasteiger partial charge in [0.15, 0.2) is 0 Å². The van der Waals surface area contributed by atoms with Gasteiger partial charge in [0.05, 0.1) is 5.60 Å². The Balaban J connectivity index is 3.87. The Morgan fingerprint density at radius 3 is 2.36 bits per heavy atom. The molecule has 0 heterocycles. The molecular formula is C10H21NO3. The first-order valence-corrected chi connectivity index (χ1v) is 4.87. The average Bonchev–Trinajstić information content (AvgIpc) is 1.96. The number of carboxylic acid groups (broad SMARTS) is 1. The van der Waals surface area contributed by atoms with Crippen molar-refractivity contribution < 1.29 is 15.0 Å². The molecule has 4 nitrogen and oxygen atoms in total. The van der Waals surface area contributed by atoms with Crippen molar-refractivity contribution in [3.05, 3.63) is 0 Å². The van der Waals surface area contributed by atoms with Crippen LogP contribution in [-0.2, 0) is 4.79 Å². The summed E-state index contributed by atoms with van der Waals surface area (Å²) in [5, 5.41) is 18.1. The third kappa shape index (κ3) is 6.86. The summed E-state index contributed by atoms with van der Waals surface area (Å²) in [6.07, 6.45) is 0.791. The minimum Gasteiger partial charge on any atom is -0.481 e. The van der Waals surface area contributed by atoms with Crippen LogP contribution in [0.2, 0.25) is 0 Å². The Labute approximate surface area is 85.5 Å². The van der Waals surface area contributed by atoms with Gasteiger partial charge in [0, 0.05) is 19.0 Å². The van der Waals surface area contributed by atoms with Gasteiger partial charge in [-0.25, -0.2) is 0 Å². The van der Waals surface area contributed by atoms with E-state index in [9.17, 15) is 9.90 Å². The molecule has 0 aliphatic carbocycles. The maximum atomic E-state index is 10.3. The van der Waals surface area contributed by atoms with Gasteiger partial charge in [0.1, 0.15) is 0 Å². The van der Waals surface area contributed by atoms with Crippen molar-refractivity contribution >= 4 is 5.97 Å². The number of nitrogens with zero attached hydrogens (tertiary/aromatic N) is 1. The van der Waals surface area contributed by atoms with Gasteiger partial charge < -0.3 is 15.1 Å². The molecule has 2 N–H and O–H groups in total. The summed E-state index contributed by atoms with van der Waals surface area (Å²) in [4.78, 5) is 12.3. The molecule has 1 atom stereocenters. The summed E-state index contributed by atoms with van der Waals surface area (Å²) in [7, 11) is 1.89. The van der Waals surface area contributed by atoms with E-state index >= 15 is 0 Å². The third-order valence-electron chi connectivity index (χ3n) is 2.16. The van der Waals surface area contributed by atoms with Crippen LogP contribution in [-0.4, -0.2) is 46.3 Å². The molecule has 0 bridgehead atoms. The molecule has 0 aromatic carbocycles. The smallest absolute Gasteiger partial charge is 0.303 e. The molecule has 0 aliphatic heterocycles. The molecule has 0 amide bonds. The van der Waals surface area contributed by atoms with E-state index in [-0.39, 0.29) is 12.5 Å². The summed E-state index contributed by atoms with van der Waals surface area (Å²) in [6.45, 7) is 6.00. The van der Waals surface area contributed by atoms with Gasteiger partial charge in [-0.2, -0.15) is 0 Å². The van der Waals surface area contributed by atoms with Crippen molar-refractivity contribution in [2.75, 3.05) is 13.6 Å². The number of likely N-dealkylation sites (N-methyl/N-ethyl adjacent to an activating group) is 1. The first-order chi connectivity index (χ1) is 6.22. The van der Waals surface area contributed by atoms with Crippen molar-refractivity contribution in [1.29, 1.82) is 0 Å². The second-order valence-electron chi connectivity index (χ2n) is 4.51. The molecule has 0 saturated heterocycles. The zero-order valence-electron chi connectivity index (χ0n) is 9.45. The van der Waals surface area contributed by atoms with Crippen molar-refractivity contribution in [3.63, 3.8) is 0 Å². The van der Waals surface area contributed by atoms with Gasteiger partial charge in [0.2, 0.25) is 0 Å². The van der Waals surface area contributed by atoms with Crippen LogP contribution < -0.4 is 0 Å². The van der Waals surface area contributed by atoms with Crippen LogP contribution in [0.3, 0.4) is 0 Å². The number of rotatable bonds is 6. The normalized spacial score (nSPS) is 14.4. The zero-order valence-corrected chi connectivity index (χ0v) is 9.45. The standard InChI is InChI=1S/C10H21NO3/c1-8(5-6-9(12)13)11(4)7-10(2,3)14/h8,14H,5-7H2,1-4H3,(H,12,13). The van der Waals surface area contributed by atoms with Crippen LogP contribution in [0.5, 0.6) is 0 Å². The van der Waals surface area contributed by atoms with Gasteiger partial charge >= 0.3 is 5.97 Å². The Morgan fingerprint density at radius 2 is 2.00 bits per heavy atom. The van der Waals surface area contributed by atoms with Crippen LogP contribution in [0, 0.1) is 0 Å². The number of hydrogen-bond acceptors (Lipinski definition) is 3. The van der Waals surface area contributed by atoms with E-state index < -0.39 is 11.6 Å². The maximum Gasteiger partial charge on any atom is 0.303 e. The van der Waals surface area contributed by atoms with Gasteiger partial charge in [-0.1, -0.05) is 0 Å². The first kappa shape index (κ1) is 13.4. The van der Waals surface area contributed by atoms with Gasteiger partial charge in [-0.3, -0.25) is 4.79 Å². The van der Waals surface area contributed by atoms with E-state index in [4.69, 9.17) is 5.11 Å². The van der Waals surface area contributed by atoms with E-state index in [1.807, 2.05) is 18.9 Å². The molecular weight excluding hydrogens is 182 g/mol. The molecule has 0 spiro atoms. The molecule has 0 aromatic rings. The fourth-order valence-corrected chi connectivity index (χ4v) is 1.32. The fourth-order valence-electron chi connectivity index (χ4n) is 1.32. The molecule has 0 radical (unpaired) electrons. The van der Waals surface area contributed by atoms with E-state index in [0.717, 1.165) is 0 Å². The number of aliphatic hydroxyl groups is 1. The van der Waals surface area contributed by atoms with Crippen molar-refractivity contribution in [2.24, 2.45) is 0 Å². The minimum atomic E-state index is -0.770. The lowest BCUT2D eigenvalue weighted by Crippen LogP contribution is -2.41. The molecule has 4 heteroatoms. The second kappa shape index (κ2) is 5.32. The highest BCUT2D eigenvalue weighted by atomic mass is 16.4. The fraction of sp³-hybridized carbons (Fsp3) is 0.900. The average molecular weight is 203 g/mol. The Bertz CT molecular complexity index is 186. The predicted molar refractivity (Wildman–Crippen MR) is 55.3 cm³/mol. The van der Waals surface area contributed by atoms with E-state index in [2.05, 4.69) is 0 Å². The predicted octanol–water partition coefficient (Wildman–Crippen LogP) is 0.942. The summed E-state index contributed by atoms with van der Waals surface area (Å²) >= 11 is 0. The van der Waals surface area contributed by atoms with Crippen molar-refractivity contribution in [3.8, 4) is 0 Å².